The summed E-state index contributed by atoms with van der Waals surface area (Å²) in [5.74, 6) is -0.563. The van der Waals surface area contributed by atoms with Crippen LogP contribution in [0.2, 0.25) is 10.0 Å². The molecular formula is C15H20Cl3N3O3. The molecule has 0 spiro atoms. The molecule has 2 atom stereocenters. The van der Waals surface area contributed by atoms with Crippen LogP contribution in [0.4, 0.5) is 5.69 Å². The van der Waals surface area contributed by atoms with Crippen LogP contribution in [0.5, 0.6) is 0 Å². The summed E-state index contributed by atoms with van der Waals surface area (Å²) in [4.78, 5) is 26.3. The number of anilines is 1. The standard InChI is InChI=1S/C15H19Cl2N3O3.ClH/c1-23-8-12(18)15(22)20-4-2-3-13(20)14(21)19-11-6-9(16)5-10(17)7-11;/h5-7,12-13H,2-4,8,18H2,1H3,(H,19,21);1H. The lowest BCUT2D eigenvalue weighted by molar-refractivity contribution is -0.138. The van der Waals surface area contributed by atoms with Gasteiger partial charge in [0.05, 0.1) is 6.61 Å². The third kappa shape index (κ3) is 5.22. The zero-order valence-electron chi connectivity index (χ0n) is 13.1. The summed E-state index contributed by atoms with van der Waals surface area (Å²) in [5.41, 5.74) is 6.27. The number of hydrogen-bond acceptors (Lipinski definition) is 4. The number of ether oxygens (including phenoxy) is 1. The number of likely N-dealkylation sites (tertiary alicyclic amines) is 1. The molecule has 3 N–H and O–H groups in total. The van der Waals surface area contributed by atoms with Crippen molar-refractivity contribution in [2.75, 3.05) is 25.6 Å². The van der Waals surface area contributed by atoms with E-state index in [0.717, 1.165) is 6.42 Å². The first-order valence-electron chi connectivity index (χ1n) is 7.24. The average Bonchev–Trinajstić information content (AvgIpc) is 2.95. The van der Waals surface area contributed by atoms with Gasteiger partial charge in [0.2, 0.25) is 11.8 Å². The Kier molecular flexibility index (Phi) is 8.26. The fourth-order valence-corrected chi connectivity index (χ4v) is 3.14. The van der Waals surface area contributed by atoms with Gasteiger partial charge >= 0.3 is 0 Å². The van der Waals surface area contributed by atoms with Crippen LogP contribution in [0.15, 0.2) is 18.2 Å². The minimum atomic E-state index is -0.769. The molecule has 6 nitrogen and oxygen atoms in total. The van der Waals surface area contributed by atoms with Gasteiger partial charge in [0, 0.05) is 29.4 Å². The number of carbonyl (C=O) groups excluding carboxylic acids is 2. The summed E-state index contributed by atoms with van der Waals surface area (Å²) in [6.45, 7) is 0.623. The van der Waals surface area contributed by atoms with Gasteiger partial charge in [0.25, 0.3) is 0 Å². The largest absolute Gasteiger partial charge is 0.383 e. The van der Waals surface area contributed by atoms with E-state index in [9.17, 15) is 9.59 Å². The molecule has 1 aromatic rings. The van der Waals surface area contributed by atoms with Crippen molar-refractivity contribution in [3.05, 3.63) is 28.2 Å². The van der Waals surface area contributed by atoms with Crippen molar-refractivity contribution < 1.29 is 14.3 Å². The van der Waals surface area contributed by atoms with Gasteiger partial charge in [-0.25, -0.2) is 0 Å². The van der Waals surface area contributed by atoms with E-state index < -0.39 is 12.1 Å². The molecule has 24 heavy (non-hydrogen) atoms. The van der Waals surface area contributed by atoms with Crippen molar-refractivity contribution in [3.8, 4) is 0 Å². The fourth-order valence-electron chi connectivity index (χ4n) is 2.62. The molecule has 0 aromatic heterocycles. The summed E-state index contributed by atoms with van der Waals surface area (Å²) >= 11 is 11.8. The molecule has 1 heterocycles. The summed E-state index contributed by atoms with van der Waals surface area (Å²) in [7, 11) is 1.48. The average molecular weight is 397 g/mol. The van der Waals surface area contributed by atoms with Crippen molar-refractivity contribution in [1.29, 1.82) is 0 Å². The van der Waals surface area contributed by atoms with E-state index in [0.29, 0.717) is 28.7 Å². The Morgan fingerprint density at radius 1 is 1.38 bits per heavy atom. The van der Waals surface area contributed by atoms with E-state index >= 15 is 0 Å². The molecule has 1 aliphatic rings. The Morgan fingerprint density at radius 3 is 2.58 bits per heavy atom. The number of nitrogens with one attached hydrogen (secondary N) is 1. The molecule has 0 aliphatic carbocycles. The van der Waals surface area contributed by atoms with Crippen molar-refractivity contribution >= 4 is 53.1 Å². The normalized spacial score (nSPS) is 18.0. The van der Waals surface area contributed by atoms with Crippen LogP contribution in [0.3, 0.4) is 0 Å². The number of halogens is 3. The summed E-state index contributed by atoms with van der Waals surface area (Å²) in [6, 6.07) is 3.46. The SMILES string of the molecule is COCC(N)C(=O)N1CCCC1C(=O)Nc1cc(Cl)cc(Cl)c1.Cl. The Labute approximate surface area is 157 Å². The number of hydrogen-bond donors (Lipinski definition) is 2. The molecule has 134 valence electrons. The zero-order chi connectivity index (χ0) is 17.0. The Bertz CT molecular complexity index is 580. The number of methoxy groups -OCH3 is 1. The highest BCUT2D eigenvalue weighted by atomic mass is 35.5. The van der Waals surface area contributed by atoms with Gasteiger partial charge in [-0.1, -0.05) is 23.2 Å². The summed E-state index contributed by atoms with van der Waals surface area (Å²) in [6.07, 6.45) is 1.34. The van der Waals surface area contributed by atoms with E-state index in [-0.39, 0.29) is 30.8 Å². The second-order valence-corrected chi connectivity index (χ2v) is 6.27. The minimum absolute atomic E-state index is 0. The van der Waals surface area contributed by atoms with Gasteiger partial charge in [0.1, 0.15) is 12.1 Å². The van der Waals surface area contributed by atoms with E-state index in [4.69, 9.17) is 33.7 Å². The monoisotopic (exact) mass is 395 g/mol. The maximum atomic E-state index is 12.5. The number of benzene rings is 1. The van der Waals surface area contributed by atoms with Gasteiger partial charge in [-0.05, 0) is 31.0 Å². The predicted octanol–water partition coefficient (Wildman–Crippen LogP) is 2.32. The van der Waals surface area contributed by atoms with Crippen LogP contribution >= 0.6 is 35.6 Å². The highest BCUT2D eigenvalue weighted by molar-refractivity contribution is 6.35. The predicted molar refractivity (Wildman–Crippen MR) is 96.9 cm³/mol. The first kappa shape index (κ1) is 21.0. The molecule has 1 fully saturated rings. The summed E-state index contributed by atoms with van der Waals surface area (Å²) < 4.78 is 4.90. The molecule has 9 heteroatoms. The van der Waals surface area contributed by atoms with Gasteiger partial charge in [0.15, 0.2) is 0 Å². The van der Waals surface area contributed by atoms with Crippen LogP contribution in [0, 0.1) is 0 Å². The van der Waals surface area contributed by atoms with Gasteiger partial charge in [-0.3, -0.25) is 9.59 Å². The van der Waals surface area contributed by atoms with Crippen molar-refractivity contribution in [2.45, 2.75) is 24.9 Å². The molecule has 1 aliphatic heterocycles. The second-order valence-electron chi connectivity index (χ2n) is 5.40. The Balaban J connectivity index is 0.00000288. The first-order valence-corrected chi connectivity index (χ1v) is 8.00. The van der Waals surface area contributed by atoms with E-state index in [1.54, 1.807) is 18.2 Å². The highest BCUT2D eigenvalue weighted by Gasteiger charge is 2.36. The van der Waals surface area contributed by atoms with Crippen LogP contribution in [-0.4, -0.2) is 49.1 Å². The molecule has 0 saturated carbocycles. The van der Waals surface area contributed by atoms with Crippen LogP contribution in [0.1, 0.15) is 12.8 Å². The number of amides is 2. The van der Waals surface area contributed by atoms with Crippen molar-refractivity contribution in [1.82, 2.24) is 4.90 Å². The molecule has 0 radical (unpaired) electrons. The third-order valence-electron chi connectivity index (χ3n) is 3.63. The van der Waals surface area contributed by atoms with Crippen LogP contribution < -0.4 is 11.1 Å². The molecule has 0 bridgehead atoms. The zero-order valence-corrected chi connectivity index (χ0v) is 15.5. The topological polar surface area (TPSA) is 84.7 Å². The molecule has 2 unspecified atom stereocenters. The van der Waals surface area contributed by atoms with Crippen LogP contribution in [0.25, 0.3) is 0 Å². The maximum absolute atomic E-state index is 12.5. The van der Waals surface area contributed by atoms with Gasteiger partial charge in [-0.2, -0.15) is 0 Å². The third-order valence-corrected chi connectivity index (χ3v) is 4.07. The molecule has 1 saturated heterocycles. The molecule has 2 rings (SSSR count). The maximum Gasteiger partial charge on any atom is 0.247 e. The number of nitrogens with zero attached hydrogens (tertiary/aromatic N) is 1. The first-order chi connectivity index (χ1) is 10.9. The lowest BCUT2D eigenvalue weighted by Crippen LogP contribution is -2.51. The smallest absolute Gasteiger partial charge is 0.247 e. The quantitative estimate of drug-likeness (QED) is 0.800. The number of rotatable bonds is 5. The number of nitrogens with two attached hydrogens (primary N) is 1. The molecular weight excluding hydrogens is 377 g/mol. The second kappa shape index (κ2) is 9.44. The highest BCUT2D eigenvalue weighted by Crippen LogP contribution is 2.24. The van der Waals surface area contributed by atoms with E-state index in [1.807, 2.05) is 0 Å². The van der Waals surface area contributed by atoms with E-state index in [2.05, 4.69) is 5.32 Å². The van der Waals surface area contributed by atoms with E-state index in [1.165, 1.54) is 12.0 Å². The number of carbonyl (C=O) groups is 2. The Morgan fingerprint density at radius 2 is 2.00 bits per heavy atom. The van der Waals surface area contributed by atoms with Crippen molar-refractivity contribution in [2.24, 2.45) is 5.73 Å². The lowest BCUT2D eigenvalue weighted by Gasteiger charge is -2.26. The van der Waals surface area contributed by atoms with Crippen LogP contribution in [-0.2, 0) is 14.3 Å². The fraction of sp³-hybridized carbons (Fsp3) is 0.467. The Hall–Kier alpha value is -1.05. The van der Waals surface area contributed by atoms with Gasteiger partial charge in [-0.15, -0.1) is 12.4 Å². The summed E-state index contributed by atoms with van der Waals surface area (Å²) in [5, 5.41) is 3.60. The molecule has 2 amide bonds. The minimum Gasteiger partial charge on any atom is -0.383 e. The van der Waals surface area contributed by atoms with Gasteiger partial charge < -0.3 is 20.7 Å². The lowest BCUT2D eigenvalue weighted by atomic mass is 10.2. The van der Waals surface area contributed by atoms with Crippen molar-refractivity contribution in [3.63, 3.8) is 0 Å². The molecule has 1 aromatic carbocycles.